The molecule has 0 radical (unpaired) electrons. The van der Waals surface area contributed by atoms with E-state index in [0.29, 0.717) is 17.8 Å². The van der Waals surface area contributed by atoms with E-state index in [1.165, 1.54) is 6.07 Å². The maximum absolute atomic E-state index is 12.6. The third-order valence-electron chi connectivity index (χ3n) is 4.61. The topological polar surface area (TPSA) is 93.3 Å². The predicted molar refractivity (Wildman–Crippen MR) is 93.5 cm³/mol. The number of aromatic nitrogens is 2. The molecule has 1 fully saturated rings. The maximum Gasteiger partial charge on any atom is 0.322 e. The first kappa shape index (κ1) is 16.9. The molecule has 1 N–H and O–H groups in total. The van der Waals surface area contributed by atoms with Gasteiger partial charge in [0.15, 0.2) is 0 Å². The van der Waals surface area contributed by atoms with E-state index in [1.807, 2.05) is 22.6 Å². The Morgan fingerprint density at radius 3 is 2.88 bits per heavy atom. The van der Waals surface area contributed by atoms with Gasteiger partial charge in [0.25, 0.3) is 5.69 Å². The lowest BCUT2D eigenvalue weighted by Gasteiger charge is -2.25. The summed E-state index contributed by atoms with van der Waals surface area (Å²) in [5.74, 6) is 0.929. The lowest BCUT2D eigenvalue weighted by molar-refractivity contribution is -0.385. The number of likely N-dealkylation sites (tertiary alicyclic amines) is 1. The number of aryl methyl sites for hydroxylation is 2. The van der Waals surface area contributed by atoms with Gasteiger partial charge < -0.3 is 14.8 Å². The van der Waals surface area contributed by atoms with Gasteiger partial charge in [-0.05, 0) is 38.8 Å². The summed E-state index contributed by atoms with van der Waals surface area (Å²) in [6.07, 6.45) is 5.59. The van der Waals surface area contributed by atoms with Gasteiger partial charge in [0, 0.05) is 42.8 Å². The average molecular weight is 343 g/mol. The second kappa shape index (κ2) is 6.92. The molecule has 2 aromatic rings. The number of imidazole rings is 1. The Morgan fingerprint density at radius 2 is 2.24 bits per heavy atom. The molecule has 132 valence electrons. The van der Waals surface area contributed by atoms with Crippen molar-refractivity contribution in [2.24, 2.45) is 0 Å². The molecule has 8 heteroatoms. The molecular weight excluding hydrogens is 322 g/mol. The van der Waals surface area contributed by atoms with Crippen LogP contribution < -0.4 is 5.32 Å². The second-order valence-electron chi connectivity index (χ2n) is 6.30. The number of nitro groups is 1. The van der Waals surface area contributed by atoms with Gasteiger partial charge in [-0.1, -0.05) is 0 Å². The number of benzene rings is 1. The molecule has 1 aromatic heterocycles. The molecule has 2 heterocycles. The van der Waals surface area contributed by atoms with Crippen LogP contribution in [-0.2, 0) is 6.54 Å². The Balaban J connectivity index is 1.68. The highest BCUT2D eigenvalue weighted by molar-refractivity contribution is 5.90. The third kappa shape index (κ3) is 3.62. The molecule has 1 saturated heterocycles. The summed E-state index contributed by atoms with van der Waals surface area (Å²) in [6.45, 7) is 5.03. The molecule has 8 nitrogen and oxygen atoms in total. The normalized spacial score (nSPS) is 16.9. The van der Waals surface area contributed by atoms with E-state index >= 15 is 0 Å². The number of hydrogen-bond donors (Lipinski definition) is 1. The van der Waals surface area contributed by atoms with Crippen LogP contribution in [0.15, 0.2) is 30.6 Å². The van der Waals surface area contributed by atoms with E-state index in [9.17, 15) is 14.9 Å². The molecule has 0 saturated carbocycles. The molecule has 0 spiro atoms. The molecular formula is C17H21N5O3. The number of nitrogens with one attached hydrogen (secondary N) is 1. The Morgan fingerprint density at radius 1 is 1.44 bits per heavy atom. The highest BCUT2D eigenvalue weighted by Gasteiger charge is 2.29. The van der Waals surface area contributed by atoms with E-state index < -0.39 is 4.92 Å². The fourth-order valence-corrected chi connectivity index (χ4v) is 3.25. The zero-order valence-electron chi connectivity index (χ0n) is 14.3. The van der Waals surface area contributed by atoms with Gasteiger partial charge >= 0.3 is 6.03 Å². The van der Waals surface area contributed by atoms with Gasteiger partial charge in [0.1, 0.15) is 5.82 Å². The van der Waals surface area contributed by atoms with Gasteiger partial charge in [-0.3, -0.25) is 10.1 Å². The van der Waals surface area contributed by atoms with E-state index in [-0.39, 0.29) is 17.8 Å². The summed E-state index contributed by atoms with van der Waals surface area (Å²) < 4.78 is 2.05. The SMILES string of the molecule is Cc1cc(NC(=O)N2CCC[C@@H]2Cn2ccnc2C)ccc1[N+](=O)[O-]. The smallest absolute Gasteiger partial charge is 0.322 e. The Bertz CT molecular complexity index is 801. The van der Waals surface area contributed by atoms with Gasteiger partial charge in [-0.15, -0.1) is 0 Å². The lowest BCUT2D eigenvalue weighted by atomic mass is 10.2. The Labute approximate surface area is 145 Å². The number of hydrogen-bond acceptors (Lipinski definition) is 4. The first-order chi connectivity index (χ1) is 12.0. The first-order valence-electron chi connectivity index (χ1n) is 8.26. The van der Waals surface area contributed by atoms with Gasteiger partial charge in [-0.25, -0.2) is 9.78 Å². The summed E-state index contributed by atoms with van der Waals surface area (Å²) in [5.41, 5.74) is 1.14. The van der Waals surface area contributed by atoms with Crippen molar-refractivity contribution >= 4 is 17.4 Å². The highest BCUT2D eigenvalue weighted by Crippen LogP contribution is 2.24. The number of nitro benzene ring substituents is 1. The van der Waals surface area contributed by atoms with Crippen LogP contribution in [0.5, 0.6) is 0 Å². The molecule has 0 aliphatic carbocycles. The number of amides is 2. The predicted octanol–water partition coefficient (Wildman–Crippen LogP) is 3.10. The van der Waals surface area contributed by atoms with Crippen molar-refractivity contribution in [3.05, 3.63) is 52.1 Å². The Hall–Kier alpha value is -2.90. The van der Waals surface area contributed by atoms with Crippen molar-refractivity contribution in [1.82, 2.24) is 14.5 Å². The van der Waals surface area contributed by atoms with Crippen molar-refractivity contribution in [2.75, 3.05) is 11.9 Å². The highest BCUT2D eigenvalue weighted by atomic mass is 16.6. The molecule has 1 aliphatic heterocycles. The number of nitrogens with zero attached hydrogens (tertiary/aromatic N) is 4. The monoisotopic (exact) mass is 343 g/mol. The van der Waals surface area contributed by atoms with Crippen molar-refractivity contribution in [1.29, 1.82) is 0 Å². The summed E-state index contributed by atoms with van der Waals surface area (Å²) in [6, 6.07) is 4.55. The minimum absolute atomic E-state index is 0.0487. The number of carbonyl (C=O) groups is 1. The molecule has 3 rings (SSSR count). The van der Waals surface area contributed by atoms with Crippen LogP contribution in [0.25, 0.3) is 0 Å². The van der Waals surface area contributed by atoms with E-state index in [2.05, 4.69) is 10.3 Å². The zero-order chi connectivity index (χ0) is 18.0. The third-order valence-corrected chi connectivity index (χ3v) is 4.61. The quantitative estimate of drug-likeness (QED) is 0.682. The largest absolute Gasteiger partial charge is 0.333 e. The van der Waals surface area contributed by atoms with Gasteiger partial charge in [0.2, 0.25) is 0 Å². The standard InChI is InChI=1S/C17H21N5O3/c1-12-10-14(5-6-16(12)22(24)25)19-17(23)21-8-3-4-15(21)11-20-9-7-18-13(20)2/h5-7,9-10,15H,3-4,8,11H2,1-2H3,(H,19,23)/t15-/m1/s1. The fraction of sp³-hybridized carbons (Fsp3) is 0.412. The molecule has 0 unspecified atom stereocenters. The average Bonchev–Trinajstić information content (AvgIpc) is 3.17. The Kier molecular flexibility index (Phi) is 4.69. The summed E-state index contributed by atoms with van der Waals surface area (Å²) in [5, 5.41) is 13.7. The number of urea groups is 1. The van der Waals surface area contributed by atoms with Crippen LogP contribution in [-0.4, -0.2) is 38.0 Å². The molecule has 1 aliphatic rings. The van der Waals surface area contributed by atoms with Crippen molar-refractivity contribution in [2.45, 2.75) is 39.3 Å². The van der Waals surface area contributed by atoms with Crippen LogP contribution in [0.2, 0.25) is 0 Å². The summed E-state index contributed by atoms with van der Waals surface area (Å²) in [4.78, 5) is 29.1. The number of rotatable bonds is 4. The van der Waals surface area contributed by atoms with Crippen molar-refractivity contribution in [3.8, 4) is 0 Å². The minimum atomic E-state index is -0.426. The van der Waals surface area contributed by atoms with Gasteiger partial charge in [-0.2, -0.15) is 0 Å². The first-order valence-corrected chi connectivity index (χ1v) is 8.26. The van der Waals surface area contributed by atoms with Crippen LogP contribution in [0.1, 0.15) is 24.2 Å². The fourth-order valence-electron chi connectivity index (χ4n) is 3.25. The maximum atomic E-state index is 12.6. The van der Waals surface area contributed by atoms with Crippen molar-refractivity contribution < 1.29 is 9.72 Å². The van der Waals surface area contributed by atoms with Gasteiger partial charge in [0.05, 0.1) is 11.0 Å². The number of carbonyl (C=O) groups excluding carboxylic acids is 1. The molecule has 0 bridgehead atoms. The lowest BCUT2D eigenvalue weighted by Crippen LogP contribution is -2.40. The van der Waals surface area contributed by atoms with Crippen LogP contribution in [0, 0.1) is 24.0 Å². The van der Waals surface area contributed by atoms with Crippen LogP contribution >= 0.6 is 0 Å². The van der Waals surface area contributed by atoms with Crippen LogP contribution in [0.4, 0.5) is 16.2 Å². The van der Waals surface area contributed by atoms with E-state index in [0.717, 1.165) is 25.2 Å². The van der Waals surface area contributed by atoms with E-state index in [4.69, 9.17) is 0 Å². The zero-order valence-corrected chi connectivity index (χ0v) is 14.3. The summed E-state index contributed by atoms with van der Waals surface area (Å²) >= 11 is 0. The molecule has 1 aromatic carbocycles. The summed E-state index contributed by atoms with van der Waals surface area (Å²) in [7, 11) is 0. The molecule has 2 amide bonds. The molecule has 1 atom stereocenters. The van der Waals surface area contributed by atoms with Crippen molar-refractivity contribution in [3.63, 3.8) is 0 Å². The van der Waals surface area contributed by atoms with Crippen LogP contribution in [0.3, 0.4) is 0 Å². The minimum Gasteiger partial charge on any atom is -0.333 e. The second-order valence-corrected chi connectivity index (χ2v) is 6.30. The number of anilines is 1. The molecule has 25 heavy (non-hydrogen) atoms. The van der Waals surface area contributed by atoms with E-state index in [1.54, 1.807) is 25.3 Å².